The van der Waals surface area contributed by atoms with Gasteiger partial charge in [0.15, 0.2) is 0 Å². The maximum Gasteiger partial charge on any atom is 0.252 e. The van der Waals surface area contributed by atoms with Gasteiger partial charge in [-0.3, -0.25) is 9.36 Å². The first-order valence-corrected chi connectivity index (χ1v) is 7.89. The molecule has 0 aliphatic heterocycles. The van der Waals surface area contributed by atoms with Crippen molar-refractivity contribution in [2.45, 2.75) is 26.4 Å². The summed E-state index contributed by atoms with van der Waals surface area (Å²) in [5.41, 5.74) is 1.68. The maximum atomic E-state index is 11.9. The first kappa shape index (κ1) is 16.0. The van der Waals surface area contributed by atoms with Crippen LogP contribution in [0.5, 0.6) is 5.75 Å². The summed E-state index contributed by atoms with van der Waals surface area (Å²) >= 11 is 0. The Morgan fingerprint density at radius 1 is 1.21 bits per heavy atom. The van der Waals surface area contributed by atoms with E-state index in [9.17, 15) is 4.79 Å². The number of benzene rings is 1. The molecule has 0 fully saturated rings. The molecule has 1 N–H and O–H groups in total. The van der Waals surface area contributed by atoms with Crippen molar-refractivity contribution in [1.29, 1.82) is 0 Å². The molecule has 3 rings (SSSR count). The van der Waals surface area contributed by atoms with Gasteiger partial charge >= 0.3 is 0 Å². The number of ether oxygens (including phenoxy) is 1. The Labute approximate surface area is 140 Å². The Bertz CT molecular complexity index is 903. The van der Waals surface area contributed by atoms with Crippen LogP contribution in [0.2, 0.25) is 0 Å². The lowest BCUT2D eigenvalue weighted by Gasteiger charge is -2.15. The van der Waals surface area contributed by atoms with Crippen molar-refractivity contribution in [3.63, 3.8) is 0 Å². The lowest BCUT2D eigenvalue weighted by Crippen LogP contribution is -2.19. The van der Waals surface area contributed by atoms with Crippen LogP contribution < -0.4 is 15.6 Å². The second-order valence-electron chi connectivity index (χ2n) is 5.53. The number of hydrogen-bond donors (Lipinski definition) is 1. The number of fused-ring (bicyclic) bond motifs is 1. The molecule has 0 bridgehead atoms. The fourth-order valence-electron chi connectivity index (χ4n) is 2.62. The smallest absolute Gasteiger partial charge is 0.252 e. The van der Waals surface area contributed by atoms with Gasteiger partial charge < -0.3 is 10.1 Å². The molecule has 0 radical (unpaired) electrons. The third-order valence-electron chi connectivity index (χ3n) is 4.00. The van der Waals surface area contributed by atoms with E-state index >= 15 is 0 Å². The van der Waals surface area contributed by atoms with Gasteiger partial charge in [0.2, 0.25) is 5.95 Å². The lowest BCUT2D eigenvalue weighted by atomic mass is 10.1. The average molecular weight is 324 g/mol. The number of nitrogens with one attached hydrogen (secondary N) is 1. The van der Waals surface area contributed by atoms with E-state index in [0.717, 1.165) is 16.7 Å². The Morgan fingerprint density at radius 3 is 2.62 bits per heavy atom. The van der Waals surface area contributed by atoms with Crippen molar-refractivity contribution in [1.82, 2.24) is 14.5 Å². The fourth-order valence-corrected chi connectivity index (χ4v) is 2.62. The van der Waals surface area contributed by atoms with Gasteiger partial charge in [-0.2, -0.15) is 4.98 Å². The van der Waals surface area contributed by atoms with Crippen molar-refractivity contribution in [3.05, 3.63) is 58.5 Å². The number of rotatable bonds is 5. The molecule has 0 spiro atoms. The summed E-state index contributed by atoms with van der Waals surface area (Å²) in [5, 5.41) is 4.13. The van der Waals surface area contributed by atoms with Crippen molar-refractivity contribution in [2.24, 2.45) is 0 Å². The molecule has 0 aliphatic rings. The molecule has 0 saturated carbocycles. The molecule has 0 amide bonds. The molecule has 2 aromatic heterocycles. The van der Waals surface area contributed by atoms with Crippen LogP contribution in [0.1, 0.15) is 25.5 Å². The van der Waals surface area contributed by atoms with Gasteiger partial charge in [0.05, 0.1) is 13.2 Å². The molecule has 1 aromatic carbocycles. The van der Waals surface area contributed by atoms with E-state index in [1.165, 1.54) is 0 Å². The summed E-state index contributed by atoms with van der Waals surface area (Å²) in [4.78, 5) is 20.8. The number of methoxy groups -OCH3 is 1. The van der Waals surface area contributed by atoms with E-state index in [-0.39, 0.29) is 11.6 Å². The number of anilines is 1. The van der Waals surface area contributed by atoms with Crippen LogP contribution in [0.4, 0.5) is 5.95 Å². The largest absolute Gasteiger partial charge is 0.497 e. The zero-order chi connectivity index (χ0) is 17.1. The van der Waals surface area contributed by atoms with Crippen LogP contribution in [0.25, 0.3) is 11.0 Å². The normalized spacial score (nSPS) is 12.1. The Balaban J connectivity index is 1.90. The zero-order valence-corrected chi connectivity index (χ0v) is 14.0. The monoisotopic (exact) mass is 324 g/mol. The lowest BCUT2D eigenvalue weighted by molar-refractivity contribution is 0.414. The highest BCUT2D eigenvalue weighted by atomic mass is 16.5. The van der Waals surface area contributed by atoms with E-state index in [0.29, 0.717) is 18.1 Å². The maximum absolute atomic E-state index is 11.9. The first-order valence-electron chi connectivity index (χ1n) is 7.89. The van der Waals surface area contributed by atoms with Crippen LogP contribution in [0.3, 0.4) is 0 Å². The van der Waals surface area contributed by atoms with E-state index < -0.39 is 0 Å². The Hall–Kier alpha value is -2.89. The highest BCUT2D eigenvalue weighted by Gasteiger charge is 2.10. The van der Waals surface area contributed by atoms with Gasteiger partial charge in [-0.15, -0.1) is 0 Å². The van der Waals surface area contributed by atoms with E-state index in [2.05, 4.69) is 15.3 Å². The van der Waals surface area contributed by atoms with Gasteiger partial charge in [0.1, 0.15) is 11.4 Å². The van der Waals surface area contributed by atoms with Gasteiger partial charge in [0.25, 0.3) is 5.56 Å². The minimum absolute atomic E-state index is 0.0267. The summed E-state index contributed by atoms with van der Waals surface area (Å²) in [6.45, 7) is 4.53. The Morgan fingerprint density at radius 2 is 1.96 bits per heavy atom. The van der Waals surface area contributed by atoms with Gasteiger partial charge in [-0.1, -0.05) is 12.1 Å². The molecule has 1 unspecified atom stereocenters. The summed E-state index contributed by atoms with van der Waals surface area (Å²) in [6, 6.07) is 11.2. The Kier molecular flexibility index (Phi) is 4.46. The van der Waals surface area contributed by atoms with E-state index in [1.807, 2.05) is 38.1 Å². The number of pyridine rings is 1. The molecule has 1 atom stereocenters. The van der Waals surface area contributed by atoms with Crippen LogP contribution in [-0.2, 0) is 6.54 Å². The molecule has 6 heteroatoms. The third kappa shape index (κ3) is 3.08. The number of hydrogen-bond acceptors (Lipinski definition) is 5. The molecule has 24 heavy (non-hydrogen) atoms. The SMILES string of the molecule is CCn1c(=O)ccc2cnc(NC(C)c3ccc(OC)cc3)nc21. The van der Waals surface area contributed by atoms with Crippen molar-refractivity contribution >= 4 is 17.0 Å². The number of nitrogens with zero attached hydrogens (tertiary/aromatic N) is 3. The summed E-state index contributed by atoms with van der Waals surface area (Å²) < 4.78 is 6.81. The fraction of sp³-hybridized carbons (Fsp3) is 0.278. The van der Waals surface area contributed by atoms with Crippen molar-refractivity contribution < 1.29 is 4.74 Å². The van der Waals surface area contributed by atoms with E-state index in [4.69, 9.17) is 4.74 Å². The molecular formula is C18H20N4O2. The third-order valence-corrected chi connectivity index (χ3v) is 4.00. The van der Waals surface area contributed by atoms with Crippen molar-refractivity contribution in [2.75, 3.05) is 12.4 Å². The topological polar surface area (TPSA) is 69.0 Å². The van der Waals surface area contributed by atoms with Gasteiger partial charge in [0, 0.05) is 24.2 Å². The quantitative estimate of drug-likeness (QED) is 0.781. The molecule has 2 heterocycles. The minimum atomic E-state index is -0.0575. The van der Waals surface area contributed by atoms with Crippen LogP contribution in [0.15, 0.2) is 47.4 Å². The van der Waals surface area contributed by atoms with E-state index in [1.54, 1.807) is 30.0 Å². The number of aryl methyl sites for hydroxylation is 1. The molecule has 124 valence electrons. The highest BCUT2D eigenvalue weighted by Crippen LogP contribution is 2.20. The first-order chi connectivity index (χ1) is 11.6. The molecule has 0 aliphatic carbocycles. The highest BCUT2D eigenvalue weighted by molar-refractivity contribution is 5.75. The van der Waals surface area contributed by atoms with Gasteiger partial charge in [-0.25, -0.2) is 4.98 Å². The van der Waals surface area contributed by atoms with Gasteiger partial charge in [-0.05, 0) is 37.6 Å². The molecular weight excluding hydrogens is 304 g/mol. The van der Waals surface area contributed by atoms with Crippen LogP contribution in [0, 0.1) is 0 Å². The average Bonchev–Trinajstić information content (AvgIpc) is 2.61. The predicted molar refractivity (Wildman–Crippen MR) is 94.5 cm³/mol. The summed E-state index contributed by atoms with van der Waals surface area (Å²) in [7, 11) is 1.65. The standard InChI is InChI=1S/C18H20N4O2/c1-4-22-16(23)10-7-14-11-19-18(21-17(14)22)20-12(2)13-5-8-15(24-3)9-6-13/h5-12H,4H2,1-3H3,(H,19,20,21). The zero-order valence-electron chi connectivity index (χ0n) is 14.0. The molecule has 3 aromatic rings. The van der Waals surface area contributed by atoms with Crippen LogP contribution in [-0.4, -0.2) is 21.6 Å². The molecule has 6 nitrogen and oxygen atoms in total. The number of aromatic nitrogens is 3. The second-order valence-corrected chi connectivity index (χ2v) is 5.53. The minimum Gasteiger partial charge on any atom is -0.497 e. The van der Waals surface area contributed by atoms with Crippen LogP contribution >= 0.6 is 0 Å². The predicted octanol–water partition coefficient (Wildman–Crippen LogP) is 2.99. The second kappa shape index (κ2) is 6.70. The summed E-state index contributed by atoms with van der Waals surface area (Å²) in [6.07, 6.45) is 1.73. The summed E-state index contributed by atoms with van der Waals surface area (Å²) in [5.74, 6) is 1.32. The molecule has 0 saturated heterocycles. The van der Waals surface area contributed by atoms with Crippen molar-refractivity contribution in [3.8, 4) is 5.75 Å².